The number of anilines is 2. The zero-order valence-electron chi connectivity index (χ0n) is 18.0. The van der Waals surface area contributed by atoms with Gasteiger partial charge in [0.2, 0.25) is 5.91 Å². The fraction of sp³-hybridized carbons (Fsp3) is 0.200. The van der Waals surface area contributed by atoms with Crippen molar-refractivity contribution in [1.82, 2.24) is 0 Å². The number of para-hydroxylation sites is 1. The molecule has 3 atom stereocenters. The van der Waals surface area contributed by atoms with Gasteiger partial charge in [-0.2, -0.15) is 0 Å². The highest BCUT2D eigenvalue weighted by Crippen LogP contribution is 2.48. The lowest BCUT2D eigenvalue weighted by Gasteiger charge is -2.29. The molecule has 8 heteroatoms. The van der Waals surface area contributed by atoms with E-state index in [1.807, 2.05) is 56.3 Å². The van der Waals surface area contributed by atoms with E-state index >= 15 is 0 Å². The number of hydrogen-bond donors (Lipinski definition) is 0. The van der Waals surface area contributed by atoms with E-state index in [9.17, 15) is 19.7 Å². The first-order valence-electron chi connectivity index (χ1n) is 10.6. The molecule has 2 fully saturated rings. The lowest BCUT2D eigenvalue weighted by atomic mass is 9.90. The number of carbonyl (C=O) groups is 2. The van der Waals surface area contributed by atoms with Gasteiger partial charge in [-0.25, -0.2) is 9.96 Å². The molecule has 3 aromatic carbocycles. The number of carbonyl (C=O) groups excluding carboxylic acids is 2. The molecule has 2 aliphatic rings. The number of benzene rings is 3. The SMILES string of the molecule is Cc1ccc(N2C(=O)[C@H]3[C@H](ON(c4ccccc4)[C@@H]3c3cccc([N+](=O)[O-])c3)C2=O)c(C)c1. The highest BCUT2D eigenvalue weighted by Gasteiger charge is 2.60. The van der Waals surface area contributed by atoms with Crippen LogP contribution in [0.3, 0.4) is 0 Å². The third-order valence-corrected chi connectivity index (χ3v) is 6.14. The van der Waals surface area contributed by atoms with Crippen LogP contribution in [0.25, 0.3) is 0 Å². The Balaban J connectivity index is 1.61. The Morgan fingerprint density at radius 2 is 1.67 bits per heavy atom. The van der Waals surface area contributed by atoms with Gasteiger partial charge in [0, 0.05) is 12.1 Å². The lowest BCUT2D eigenvalue weighted by Crippen LogP contribution is -2.37. The standard InChI is InChI=1S/C25H21N3O5/c1-15-11-12-20(16(2)13-15)26-24(29)21-22(17-7-6-10-19(14-17)28(31)32)27(33-23(21)25(26)30)18-8-4-3-5-9-18/h3-14,21-23H,1-2H3/t21-,22-,23+/m1/s1. The van der Waals surface area contributed by atoms with E-state index in [0.29, 0.717) is 16.9 Å². The number of amides is 2. The number of nitro groups is 1. The second kappa shape index (κ2) is 7.83. The number of fused-ring (bicyclic) bond motifs is 1. The summed E-state index contributed by atoms with van der Waals surface area (Å²) in [6.45, 7) is 3.80. The Hall–Kier alpha value is -4.04. The molecule has 0 aromatic heterocycles. The van der Waals surface area contributed by atoms with E-state index in [2.05, 4.69) is 0 Å². The summed E-state index contributed by atoms with van der Waals surface area (Å²) in [4.78, 5) is 45.3. The number of imide groups is 1. The Bertz CT molecular complexity index is 1280. The Kier molecular flexibility index (Phi) is 4.94. The van der Waals surface area contributed by atoms with Gasteiger partial charge in [0.15, 0.2) is 6.10 Å². The van der Waals surface area contributed by atoms with Gasteiger partial charge >= 0.3 is 0 Å². The van der Waals surface area contributed by atoms with Crippen LogP contribution < -0.4 is 9.96 Å². The van der Waals surface area contributed by atoms with Gasteiger partial charge in [-0.3, -0.25) is 24.5 Å². The Morgan fingerprint density at radius 3 is 2.36 bits per heavy atom. The van der Waals surface area contributed by atoms with Crippen molar-refractivity contribution in [3.8, 4) is 0 Å². The first-order chi connectivity index (χ1) is 15.9. The minimum atomic E-state index is -1.03. The predicted octanol–water partition coefficient (Wildman–Crippen LogP) is 4.26. The van der Waals surface area contributed by atoms with Crippen molar-refractivity contribution < 1.29 is 19.3 Å². The topological polar surface area (TPSA) is 93.0 Å². The smallest absolute Gasteiger partial charge is 0.269 e. The third-order valence-electron chi connectivity index (χ3n) is 6.14. The fourth-order valence-electron chi connectivity index (χ4n) is 4.67. The fourth-order valence-corrected chi connectivity index (χ4v) is 4.67. The van der Waals surface area contributed by atoms with Gasteiger partial charge in [-0.15, -0.1) is 0 Å². The molecule has 166 valence electrons. The van der Waals surface area contributed by atoms with Crippen LogP contribution in [-0.2, 0) is 14.4 Å². The maximum Gasteiger partial charge on any atom is 0.269 e. The van der Waals surface area contributed by atoms with Gasteiger partial charge in [0.05, 0.1) is 22.3 Å². The molecule has 8 nitrogen and oxygen atoms in total. The zero-order chi connectivity index (χ0) is 23.3. The minimum absolute atomic E-state index is 0.0908. The lowest BCUT2D eigenvalue weighted by molar-refractivity contribution is -0.384. The highest BCUT2D eigenvalue weighted by molar-refractivity contribution is 6.24. The van der Waals surface area contributed by atoms with E-state index in [4.69, 9.17) is 4.84 Å². The molecule has 0 saturated carbocycles. The van der Waals surface area contributed by atoms with Gasteiger partial charge < -0.3 is 0 Å². The van der Waals surface area contributed by atoms with Crippen LogP contribution in [0.1, 0.15) is 22.7 Å². The van der Waals surface area contributed by atoms with E-state index < -0.39 is 28.9 Å². The van der Waals surface area contributed by atoms with Gasteiger partial charge in [0.25, 0.3) is 11.6 Å². The number of non-ortho nitro benzene ring substituents is 1. The quantitative estimate of drug-likeness (QED) is 0.340. The first-order valence-corrected chi connectivity index (χ1v) is 10.6. The number of nitro benzene ring substituents is 1. The molecule has 2 saturated heterocycles. The summed E-state index contributed by atoms with van der Waals surface area (Å²) in [6, 6.07) is 20.1. The minimum Gasteiger partial charge on any atom is -0.273 e. The van der Waals surface area contributed by atoms with Crippen LogP contribution in [-0.4, -0.2) is 22.8 Å². The average molecular weight is 443 g/mol. The molecule has 5 rings (SSSR count). The maximum atomic E-state index is 13.7. The molecule has 0 aliphatic carbocycles. The summed E-state index contributed by atoms with van der Waals surface area (Å²) in [5.74, 6) is -1.67. The zero-order valence-corrected chi connectivity index (χ0v) is 18.0. The van der Waals surface area contributed by atoms with Gasteiger partial charge in [-0.05, 0) is 43.2 Å². The van der Waals surface area contributed by atoms with Crippen molar-refractivity contribution in [3.63, 3.8) is 0 Å². The van der Waals surface area contributed by atoms with Crippen molar-refractivity contribution in [2.75, 3.05) is 9.96 Å². The molecule has 33 heavy (non-hydrogen) atoms. The van der Waals surface area contributed by atoms with Crippen LogP contribution in [0.2, 0.25) is 0 Å². The third kappa shape index (κ3) is 3.35. The van der Waals surface area contributed by atoms with Crippen LogP contribution in [0, 0.1) is 29.9 Å². The van der Waals surface area contributed by atoms with Crippen LogP contribution in [0.15, 0.2) is 72.8 Å². The average Bonchev–Trinajstić information content (AvgIpc) is 3.31. The predicted molar refractivity (Wildman–Crippen MR) is 122 cm³/mol. The molecule has 2 amide bonds. The number of hydroxylamine groups is 1. The summed E-state index contributed by atoms with van der Waals surface area (Å²) in [5.41, 5.74) is 3.45. The molecule has 2 aliphatic heterocycles. The first kappa shape index (κ1) is 20.8. The summed E-state index contributed by atoms with van der Waals surface area (Å²) in [5, 5.41) is 12.9. The summed E-state index contributed by atoms with van der Waals surface area (Å²) >= 11 is 0. The Morgan fingerprint density at radius 1 is 0.909 bits per heavy atom. The second-order valence-corrected chi connectivity index (χ2v) is 8.31. The van der Waals surface area contributed by atoms with Gasteiger partial charge in [-0.1, -0.05) is 48.0 Å². The monoisotopic (exact) mass is 443 g/mol. The molecule has 0 spiro atoms. The van der Waals surface area contributed by atoms with Crippen LogP contribution >= 0.6 is 0 Å². The molecule has 2 heterocycles. The second-order valence-electron chi connectivity index (χ2n) is 8.31. The number of aryl methyl sites for hydroxylation is 2. The van der Waals surface area contributed by atoms with E-state index in [0.717, 1.165) is 11.1 Å². The molecule has 0 radical (unpaired) electrons. The van der Waals surface area contributed by atoms with Crippen LogP contribution in [0.5, 0.6) is 0 Å². The van der Waals surface area contributed by atoms with Crippen molar-refractivity contribution in [2.45, 2.75) is 26.0 Å². The largest absolute Gasteiger partial charge is 0.273 e. The van der Waals surface area contributed by atoms with Crippen molar-refractivity contribution in [3.05, 3.63) is 99.6 Å². The maximum absolute atomic E-state index is 13.7. The molecular weight excluding hydrogens is 422 g/mol. The summed E-state index contributed by atoms with van der Waals surface area (Å²) < 4.78 is 0. The molecular formula is C25H21N3O5. The molecule has 3 aromatic rings. The molecule has 0 unspecified atom stereocenters. The van der Waals surface area contributed by atoms with Gasteiger partial charge in [0.1, 0.15) is 5.92 Å². The van der Waals surface area contributed by atoms with E-state index in [1.54, 1.807) is 18.2 Å². The Labute approximate surface area is 190 Å². The highest BCUT2D eigenvalue weighted by atomic mass is 16.7. The number of hydrogen-bond acceptors (Lipinski definition) is 6. The van der Waals surface area contributed by atoms with Crippen molar-refractivity contribution >= 4 is 28.9 Å². The normalized spacial score (nSPS) is 22.1. The van der Waals surface area contributed by atoms with E-state index in [-0.39, 0.29) is 11.6 Å². The summed E-state index contributed by atoms with van der Waals surface area (Å²) in [6.07, 6.45) is -1.03. The van der Waals surface area contributed by atoms with Crippen molar-refractivity contribution in [2.24, 2.45) is 5.92 Å². The molecule has 0 N–H and O–H groups in total. The molecule has 0 bridgehead atoms. The van der Waals surface area contributed by atoms with E-state index in [1.165, 1.54) is 22.1 Å². The number of rotatable bonds is 4. The van der Waals surface area contributed by atoms with Crippen LogP contribution in [0.4, 0.5) is 17.1 Å². The van der Waals surface area contributed by atoms with Crippen molar-refractivity contribution in [1.29, 1.82) is 0 Å². The summed E-state index contributed by atoms with van der Waals surface area (Å²) in [7, 11) is 0. The number of nitrogens with zero attached hydrogens (tertiary/aromatic N) is 3.